The Hall–Kier alpha value is -1.01. The van der Waals surface area contributed by atoms with Crippen LogP contribution in [0.1, 0.15) is 45.4 Å². The van der Waals surface area contributed by atoms with E-state index >= 15 is 0 Å². The first-order valence-electron chi connectivity index (χ1n) is 5.44. The van der Waals surface area contributed by atoms with E-state index in [4.69, 9.17) is 0 Å². The lowest BCUT2D eigenvalue weighted by Crippen LogP contribution is -2.05. The average Bonchev–Trinajstić information content (AvgIpc) is 2.24. The average molecular weight is 212 g/mol. The largest absolute Gasteiger partial charge is 0.469 e. The van der Waals surface area contributed by atoms with Crippen molar-refractivity contribution in [3.63, 3.8) is 0 Å². The molecule has 0 aliphatic carbocycles. The fourth-order valence-corrected chi connectivity index (χ4v) is 1.07. The summed E-state index contributed by atoms with van der Waals surface area (Å²) >= 11 is 0. The zero-order valence-electron chi connectivity index (χ0n) is 9.58. The minimum Gasteiger partial charge on any atom is -0.469 e. The highest BCUT2D eigenvalue weighted by atomic mass is 16.5. The van der Waals surface area contributed by atoms with Crippen molar-refractivity contribution in [2.45, 2.75) is 51.6 Å². The first kappa shape index (κ1) is 14.0. The van der Waals surface area contributed by atoms with Crippen LogP contribution in [0.2, 0.25) is 0 Å². The SMILES string of the molecule is CCCCC#C[C@H](O)CCCC(=O)OC. The Balaban J connectivity index is 3.50. The molecule has 0 aliphatic rings. The molecule has 0 spiro atoms. The van der Waals surface area contributed by atoms with Gasteiger partial charge < -0.3 is 9.84 Å². The Labute approximate surface area is 91.8 Å². The van der Waals surface area contributed by atoms with Crippen LogP contribution in [0.25, 0.3) is 0 Å². The molecule has 0 amide bonds. The summed E-state index contributed by atoms with van der Waals surface area (Å²) in [6.45, 7) is 2.11. The quantitative estimate of drug-likeness (QED) is 0.415. The molecule has 3 heteroatoms. The lowest BCUT2D eigenvalue weighted by Gasteiger charge is -2.01. The van der Waals surface area contributed by atoms with Crippen LogP contribution in [0.15, 0.2) is 0 Å². The highest BCUT2D eigenvalue weighted by Crippen LogP contribution is 2.01. The van der Waals surface area contributed by atoms with E-state index in [1.165, 1.54) is 7.11 Å². The van der Waals surface area contributed by atoms with Gasteiger partial charge in [0, 0.05) is 12.8 Å². The first-order chi connectivity index (χ1) is 7.20. The molecular formula is C12H20O3. The molecule has 1 N–H and O–H groups in total. The molecule has 0 aromatic heterocycles. The van der Waals surface area contributed by atoms with Crippen molar-refractivity contribution < 1.29 is 14.6 Å². The Morgan fingerprint density at radius 3 is 2.80 bits per heavy atom. The van der Waals surface area contributed by atoms with E-state index in [1.54, 1.807) is 0 Å². The van der Waals surface area contributed by atoms with E-state index in [9.17, 15) is 9.90 Å². The van der Waals surface area contributed by atoms with Crippen molar-refractivity contribution in [3.05, 3.63) is 0 Å². The van der Waals surface area contributed by atoms with Gasteiger partial charge in [-0.05, 0) is 19.3 Å². The Morgan fingerprint density at radius 2 is 2.20 bits per heavy atom. The van der Waals surface area contributed by atoms with Gasteiger partial charge in [0.1, 0.15) is 6.10 Å². The van der Waals surface area contributed by atoms with Crippen molar-refractivity contribution in [3.8, 4) is 11.8 Å². The highest BCUT2D eigenvalue weighted by molar-refractivity contribution is 5.68. The van der Waals surface area contributed by atoms with Gasteiger partial charge in [-0.25, -0.2) is 0 Å². The third-order valence-corrected chi connectivity index (χ3v) is 2.01. The zero-order chi connectivity index (χ0) is 11.5. The van der Waals surface area contributed by atoms with E-state index < -0.39 is 6.10 Å². The normalized spacial score (nSPS) is 11.4. The predicted molar refractivity (Wildman–Crippen MR) is 59.2 cm³/mol. The Morgan fingerprint density at radius 1 is 1.47 bits per heavy atom. The Kier molecular flexibility index (Phi) is 8.90. The molecule has 1 atom stereocenters. The van der Waals surface area contributed by atoms with Gasteiger partial charge in [-0.15, -0.1) is 5.92 Å². The van der Waals surface area contributed by atoms with E-state index in [0.717, 1.165) is 19.3 Å². The molecular weight excluding hydrogens is 192 g/mol. The van der Waals surface area contributed by atoms with Gasteiger partial charge in [0.2, 0.25) is 0 Å². The maximum Gasteiger partial charge on any atom is 0.305 e. The van der Waals surface area contributed by atoms with Crippen LogP contribution in [0.4, 0.5) is 0 Å². The molecule has 0 heterocycles. The minimum atomic E-state index is -0.605. The van der Waals surface area contributed by atoms with Crippen LogP contribution in [0.5, 0.6) is 0 Å². The number of carbonyl (C=O) groups is 1. The monoisotopic (exact) mass is 212 g/mol. The zero-order valence-corrected chi connectivity index (χ0v) is 9.58. The number of ether oxygens (including phenoxy) is 1. The van der Waals surface area contributed by atoms with Crippen LogP contribution in [0, 0.1) is 11.8 Å². The van der Waals surface area contributed by atoms with Crippen molar-refractivity contribution in [2.24, 2.45) is 0 Å². The highest BCUT2D eigenvalue weighted by Gasteiger charge is 2.03. The molecule has 0 aromatic carbocycles. The Bertz CT molecular complexity index is 225. The fourth-order valence-electron chi connectivity index (χ4n) is 1.07. The summed E-state index contributed by atoms with van der Waals surface area (Å²) in [5.74, 6) is 5.45. The van der Waals surface area contributed by atoms with Crippen molar-refractivity contribution >= 4 is 5.97 Å². The number of carbonyl (C=O) groups excluding carboxylic acids is 1. The summed E-state index contributed by atoms with van der Waals surface area (Å²) in [5, 5.41) is 9.41. The molecule has 0 aliphatic heterocycles. The molecule has 86 valence electrons. The second-order valence-electron chi connectivity index (χ2n) is 3.41. The molecule has 15 heavy (non-hydrogen) atoms. The number of hydrogen-bond acceptors (Lipinski definition) is 3. The van der Waals surface area contributed by atoms with E-state index in [2.05, 4.69) is 23.5 Å². The van der Waals surface area contributed by atoms with Crippen LogP contribution >= 0.6 is 0 Å². The number of aliphatic hydroxyl groups excluding tert-OH is 1. The minimum absolute atomic E-state index is 0.235. The summed E-state index contributed by atoms with van der Waals surface area (Å²) in [6, 6.07) is 0. The molecule has 0 saturated carbocycles. The van der Waals surface area contributed by atoms with Crippen molar-refractivity contribution in [2.75, 3.05) is 7.11 Å². The molecule has 0 saturated heterocycles. The van der Waals surface area contributed by atoms with E-state index in [-0.39, 0.29) is 5.97 Å². The summed E-state index contributed by atoms with van der Waals surface area (Å²) in [6.07, 6.45) is 3.93. The topological polar surface area (TPSA) is 46.5 Å². The van der Waals surface area contributed by atoms with Crippen molar-refractivity contribution in [1.82, 2.24) is 0 Å². The van der Waals surface area contributed by atoms with E-state index in [0.29, 0.717) is 19.3 Å². The summed E-state index contributed by atoms with van der Waals surface area (Å²) < 4.78 is 4.49. The molecule has 0 fully saturated rings. The van der Waals surface area contributed by atoms with Gasteiger partial charge >= 0.3 is 5.97 Å². The van der Waals surface area contributed by atoms with Crippen molar-refractivity contribution in [1.29, 1.82) is 0 Å². The van der Waals surface area contributed by atoms with Gasteiger partial charge in [-0.1, -0.05) is 19.3 Å². The van der Waals surface area contributed by atoms with Gasteiger partial charge in [-0.3, -0.25) is 4.79 Å². The van der Waals surface area contributed by atoms with Gasteiger partial charge in [0.15, 0.2) is 0 Å². The van der Waals surface area contributed by atoms with Gasteiger partial charge in [0.05, 0.1) is 7.11 Å². The van der Waals surface area contributed by atoms with Crippen LogP contribution in [-0.4, -0.2) is 24.3 Å². The fraction of sp³-hybridized carbons (Fsp3) is 0.750. The smallest absolute Gasteiger partial charge is 0.305 e. The summed E-state index contributed by atoms with van der Waals surface area (Å²) in [4.78, 5) is 10.8. The predicted octanol–water partition coefficient (Wildman–Crippen LogP) is 1.88. The van der Waals surface area contributed by atoms with Crippen LogP contribution in [-0.2, 0) is 9.53 Å². The third-order valence-electron chi connectivity index (χ3n) is 2.01. The maximum absolute atomic E-state index is 10.8. The number of esters is 1. The summed E-state index contributed by atoms with van der Waals surface area (Å²) in [7, 11) is 1.36. The third kappa shape index (κ3) is 9.30. The second kappa shape index (κ2) is 9.54. The lowest BCUT2D eigenvalue weighted by molar-refractivity contribution is -0.140. The van der Waals surface area contributed by atoms with Gasteiger partial charge in [0.25, 0.3) is 0 Å². The standard InChI is InChI=1S/C12H20O3/c1-3-4-5-6-8-11(13)9-7-10-12(14)15-2/h11,13H,3-5,7,9-10H2,1-2H3/t11-/m0/s1. The molecule has 0 unspecified atom stereocenters. The van der Waals surface area contributed by atoms with E-state index in [1.807, 2.05) is 0 Å². The molecule has 0 radical (unpaired) electrons. The maximum atomic E-state index is 10.8. The summed E-state index contributed by atoms with van der Waals surface area (Å²) in [5.41, 5.74) is 0. The van der Waals surface area contributed by atoms with Crippen LogP contribution < -0.4 is 0 Å². The first-order valence-corrected chi connectivity index (χ1v) is 5.44. The molecule has 0 bridgehead atoms. The molecule has 0 aromatic rings. The number of unbranched alkanes of at least 4 members (excludes halogenated alkanes) is 2. The molecule has 0 rings (SSSR count). The van der Waals surface area contributed by atoms with Crippen LogP contribution in [0.3, 0.4) is 0 Å². The number of methoxy groups -OCH3 is 1. The number of aliphatic hydroxyl groups is 1. The number of hydrogen-bond donors (Lipinski definition) is 1. The molecule has 3 nitrogen and oxygen atoms in total. The van der Waals surface area contributed by atoms with Gasteiger partial charge in [-0.2, -0.15) is 0 Å². The lowest BCUT2D eigenvalue weighted by atomic mass is 10.1. The second-order valence-corrected chi connectivity index (χ2v) is 3.41. The number of rotatable bonds is 6.